The van der Waals surface area contributed by atoms with Crippen LogP contribution in [0.3, 0.4) is 0 Å². The molecule has 0 atom stereocenters. The minimum absolute atomic E-state index is 1.05. The van der Waals surface area contributed by atoms with Crippen molar-refractivity contribution in [3.05, 3.63) is 35.4 Å². The Kier molecular flexibility index (Phi) is 1.65. The Morgan fingerprint density at radius 2 is 2.09 bits per heavy atom. The molecule has 1 aliphatic carbocycles. The fourth-order valence-electron chi connectivity index (χ4n) is 1.39. The largest absolute Gasteiger partial charge is 0.0979 e. The summed E-state index contributed by atoms with van der Waals surface area (Å²) in [7, 11) is 0. The van der Waals surface area contributed by atoms with Crippen LogP contribution in [0.15, 0.2) is 24.3 Å². The Bertz CT molecular complexity index is 312. The highest BCUT2D eigenvalue weighted by molar-refractivity contribution is 5.42. The second kappa shape index (κ2) is 2.80. The Labute approximate surface area is 67.2 Å². The minimum Gasteiger partial charge on any atom is -0.0979 e. The summed E-state index contributed by atoms with van der Waals surface area (Å²) in [6.45, 7) is 0. The lowest BCUT2D eigenvalue weighted by atomic mass is 10.1. The van der Waals surface area contributed by atoms with Gasteiger partial charge in [0.25, 0.3) is 0 Å². The average Bonchev–Trinajstić information content (AvgIpc) is 2.28. The van der Waals surface area contributed by atoms with Crippen molar-refractivity contribution in [2.75, 3.05) is 0 Å². The first-order valence-corrected chi connectivity index (χ1v) is 4.03. The van der Waals surface area contributed by atoms with Crippen LogP contribution >= 0.6 is 0 Å². The third-order valence-electron chi connectivity index (χ3n) is 1.99. The molecule has 0 unspecified atom stereocenters. The van der Waals surface area contributed by atoms with Crippen LogP contribution in [-0.4, -0.2) is 0 Å². The molecule has 0 heterocycles. The van der Waals surface area contributed by atoms with Gasteiger partial charge in [0.1, 0.15) is 0 Å². The normalized spacial score (nSPS) is 14.2. The molecule has 0 aliphatic heterocycles. The quantitative estimate of drug-likeness (QED) is 0.488. The number of benzene rings is 1. The minimum atomic E-state index is 1.05. The topological polar surface area (TPSA) is 0 Å². The van der Waals surface area contributed by atoms with Crippen LogP contribution in [0.1, 0.15) is 24.0 Å². The molecule has 0 heteroatoms. The van der Waals surface area contributed by atoms with E-state index in [0.717, 1.165) is 6.42 Å². The van der Waals surface area contributed by atoms with Crippen LogP contribution in [0, 0.1) is 11.8 Å². The van der Waals surface area contributed by atoms with Crippen molar-refractivity contribution in [3.8, 4) is 11.8 Å². The lowest BCUT2D eigenvalue weighted by Gasteiger charge is -1.99. The molecule has 0 saturated carbocycles. The second-order valence-corrected chi connectivity index (χ2v) is 2.81. The maximum Gasteiger partial charge on any atom is 0.0277 e. The molecule has 1 aromatic rings. The van der Waals surface area contributed by atoms with E-state index in [1.54, 1.807) is 0 Å². The van der Waals surface area contributed by atoms with Gasteiger partial charge < -0.3 is 0 Å². The van der Waals surface area contributed by atoms with Crippen molar-refractivity contribution in [2.45, 2.75) is 19.3 Å². The molecule has 0 fully saturated rings. The van der Waals surface area contributed by atoms with Crippen LogP contribution < -0.4 is 0 Å². The molecule has 0 spiro atoms. The summed E-state index contributed by atoms with van der Waals surface area (Å²) in [5.41, 5.74) is 2.64. The first-order valence-electron chi connectivity index (χ1n) is 4.03. The van der Waals surface area contributed by atoms with Crippen molar-refractivity contribution >= 4 is 0 Å². The van der Waals surface area contributed by atoms with Crippen LogP contribution in [0.25, 0.3) is 0 Å². The van der Waals surface area contributed by atoms with Gasteiger partial charge in [0.2, 0.25) is 0 Å². The summed E-state index contributed by atoms with van der Waals surface area (Å²) < 4.78 is 0. The van der Waals surface area contributed by atoms with Gasteiger partial charge in [-0.3, -0.25) is 0 Å². The Morgan fingerprint density at radius 3 is 3.09 bits per heavy atom. The number of rotatable bonds is 0. The van der Waals surface area contributed by atoms with Gasteiger partial charge in [-0.2, -0.15) is 0 Å². The van der Waals surface area contributed by atoms with Crippen molar-refractivity contribution < 1.29 is 0 Å². The zero-order chi connectivity index (χ0) is 7.52. The molecule has 1 aliphatic rings. The van der Waals surface area contributed by atoms with E-state index < -0.39 is 0 Å². The molecule has 0 amide bonds. The first kappa shape index (κ1) is 6.49. The average molecular weight is 142 g/mol. The summed E-state index contributed by atoms with van der Waals surface area (Å²) >= 11 is 0. The SMILES string of the molecule is C1#Cc2ccccc2CCC1. The number of hydrogen-bond donors (Lipinski definition) is 0. The molecule has 0 radical (unpaired) electrons. The van der Waals surface area contributed by atoms with E-state index in [1.807, 2.05) is 0 Å². The van der Waals surface area contributed by atoms with Crippen molar-refractivity contribution in [3.63, 3.8) is 0 Å². The maximum absolute atomic E-state index is 3.18. The highest BCUT2D eigenvalue weighted by Gasteiger charge is 2.00. The maximum atomic E-state index is 3.18. The number of aryl methyl sites for hydroxylation is 1. The van der Waals surface area contributed by atoms with Gasteiger partial charge in [-0.05, 0) is 24.5 Å². The molecule has 0 N–H and O–H groups in total. The summed E-state index contributed by atoms with van der Waals surface area (Å²) in [4.78, 5) is 0. The van der Waals surface area contributed by atoms with E-state index in [4.69, 9.17) is 0 Å². The number of hydrogen-bond acceptors (Lipinski definition) is 0. The zero-order valence-corrected chi connectivity index (χ0v) is 6.43. The Morgan fingerprint density at radius 1 is 1.18 bits per heavy atom. The monoisotopic (exact) mass is 142 g/mol. The summed E-state index contributed by atoms with van der Waals surface area (Å²) in [6, 6.07) is 8.42. The van der Waals surface area contributed by atoms with E-state index in [2.05, 4.69) is 36.1 Å². The van der Waals surface area contributed by atoms with Gasteiger partial charge >= 0.3 is 0 Å². The van der Waals surface area contributed by atoms with Crippen LogP contribution in [0.2, 0.25) is 0 Å². The fraction of sp³-hybridized carbons (Fsp3) is 0.273. The van der Waals surface area contributed by atoms with Crippen molar-refractivity contribution in [2.24, 2.45) is 0 Å². The van der Waals surface area contributed by atoms with Gasteiger partial charge in [-0.1, -0.05) is 30.0 Å². The number of fused-ring (bicyclic) bond motifs is 1. The zero-order valence-electron chi connectivity index (χ0n) is 6.43. The molecule has 0 nitrogen and oxygen atoms in total. The van der Waals surface area contributed by atoms with Crippen molar-refractivity contribution in [1.29, 1.82) is 0 Å². The molecule has 2 rings (SSSR count). The molecule has 1 aromatic carbocycles. The highest BCUT2D eigenvalue weighted by atomic mass is 14.0. The predicted octanol–water partition coefficient (Wildman–Crippen LogP) is 2.37. The fourth-order valence-corrected chi connectivity index (χ4v) is 1.39. The van der Waals surface area contributed by atoms with Gasteiger partial charge in [-0.25, -0.2) is 0 Å². The van der Waals surface area contributed by atoms with Gasteiger partial charge in [-0.15, -0.1) is 0 Å². The van der Waals surface area contributed by atoms with Crippen molar-refractivity contribution in [1.82, 2.24) is 0 Å². The van der Waals surface area contributed by atoms with Gasteiger partial charge in [0.05, 0.1) is 0 Å². The van der Waals surface area contributed by atoms with E-state index >= 15 is 0 Å². The van der Waals surface area contributed by atoms with Gasteiger partial charge in [0, 0.05) is 12.0 Å². The smallest absolute Gasteiger partial charge is 0.0277 e. The molecular formula is C11H10. The predicted molar refractivity (Wildman–Crippen MR) is 46.3 cm³/mol. The molecule has 0 saturated heterocycles. The highest BCUT2D eigenvalue weighted by Crippen LogP contribution is 2.13. The summed E-state index contributed by atoms with van der Waals surface area (Å²) in [5, 5.41) is 0. The van der Waals surface area contributed by atoms with E-state index in [-0.39, 0.29) is 0 Å². The van der Waals surface area contributed by atoms with E-state index in [9.17, 15) is 0 Å². The molecule has 54 valence electrons. The van der Waals surface area contributed by atoms with Gasteiger partial charge in [0.15, 0.2) is 0 Å². The van der Waals surface area contributed by atoms with Crippen LogP contribution in [0.4, 0.5) is 0 Å². The molecular weight excluding hydrogens is 132 g/mol. The standard InChI is InChI=1S/C11H10/c1-2-6-10-8-4-5-9-11(10)7-3-1/h4-5,8-9H,1-2,6H2. The van der Waals surface area contributed by atoms with E-state index in [1.165, 1.54) is 24.0 Å². The van der Waals surface area contributed by atoms with E-state index in [0.29, 0.717) is 0 Å². The Hall–Kier alpha value is -1.22. The molecule has 0 bridgehead atoms. The molecule has 0 aromatic heterocycles. The summed E-state index contributed by atoms with van der Waals surface area (Å²) in [6.07, 6.45) is 3.44. The summed E-state index contributed by atoms with van der Waals surface area (Å²) in [5.74, 6) is 6.33. The third kappa shape index (κ3) is 1.28. The Balaban J connectivity index is 2.49. The van der Waals surface area contributed by atoms with Crippen LogP contribution in [-0.2, 0) is 6.42 Å². The lowest BCUT2D eigenvalue weighted by Crippen LogP contribution is -1.86. The molecule has 11 heavy (non-hydrogen) atoms. The first-order chi connectivity index (χ1) is 5.47. The lowest BCUT2D eigenvalue weighted by molar-refractivity contribution is 0.862. The van der Waals surface area contributed by atoms with Crippen LogP contribution in [0.5, 0.6) is 0 Å². The third-order valence-corrected chi connectivity index (χ3v) is 1.99. The second-order valence-electron chi connectivity index (χ2n) is 2.81.